The lowest BCUT2D eigenvalue weighted by Gasteiger charge is -2.16. The molecule has 1 aromatic heterocycles. The highest BCUT2D eigenvalue weighted by molar-refractivity contribution is 5.73. The fourth-order valence-corrected chi connectivity index (χ4v) is 2.79. The van der Waals surface area contributed by atoms with Crippen LogP contribution in [0.3, 0.4) is 0 Å². The molecular formula is C22H16F5N3O2. The number of hydrogen-bond donors (Lipinski definition) is 2. The minimum atomic E-state index is -5.08. The lowest BCUT2D eigenvalue weighted by Crippen LogP contribution is -2.21. The number of halogens is 5. The van der Waals surface area contributed by atoms with Crippen molar-refractivity contribution in [1.82, 2.24) is 4.98 Å². The predicted molar refractivity (Wildman–Crippen MR) is 105 cm³/mol. The van der Waals surface area contributed by atoms with Gasteiger partial charge in [-0.25, -0.2) is 13.6 Å². The zero-order chi connectivity index (χ0) is 23.9. The van der Waals surface area contributed by atoms with Crippen LogP contribution in [0.4, 0.5) is 22.0 Å². The number of aromatic nitrogens is 1. The summed E-state index contributed by atoms with van der Waals surface area (Å²) in [7, 11) is 0. The van der Waals surface area contributed by atoms with E-state index in [1.165, 1.54) is 12.1 Å². The van der Waals surface area contributed by atoms with Gasteiger partial charge in [0.1, 0.15) is 11.6 Å². The Bertz CT molecular complexity index is 1120. The Hall–Kier alpha value is -3.84. The number of nitrogens with two attached hydrogens (primary N) is 1. The van der Waals surface area contributed by atoms with Crippen LogP contribution in [0.2, 0.25) is 0 Å². The maximum Gasteiger partial charge on any atom is 0.490 e. The van der Waals surface area contributed by atoms with E-state index in [0.717, 1.165) is 17.2 Å². The summed E-state index contributed by atoms with van der Waals surface area (Å²) in [6.45, 7) is 0. The van der Waals surface area contributed by atoms with Crippen LogP contribution >= 0.6 is 0 Å². The number of rotatable bonds is 4. The van der Waals surface area contributed by atoms with Crippen molar-refractivity contribution >= 4 is 5.97 Å². The Morgan fingerprint density at radius 2 is 1.72 bits per heavy atom. The summed E-state index contributed by atoms with van der Waals surface area (Å²) < 4.78 is 58.5. The molecule has 3 rings (SSSR count). The topological polar surface area (TPSA) is 100 Å². The standard InChI is InChI=1S/C20H15F2N3.C2HF3O2/c21-16-8-14(9-17(22)11-16)10-19(24)20-18(5-2-6-25-20)15-4-1-3-13(7-15)12-23;3-2(4,5)1(6)7/h1-9,11,19H,10,24H2;(H,6,7)/t19-;/m0./s1. The van der Waals surface area contributed by atoms with Crippen LogP contribution in [0.25, 0.3) is 11.1 Å². The van der Waals surface area contributed by atoms with Gasteiger partial charge in [-0.15, -0.1) is 0 Å². The van der Waals surface area contributed by atoms with Gasteiger partial charge in [-0.2, -0.15) is 18.4 Å². The average molecular weight is 449 g/mol. The van der Waals surface area contributed by atoms with E-state index in [1.807, 2.05) is 12.1 Å². The highest BCUT2D eigenvalue weighted by Crippen LogP contribution is 2.28. The van der Waals surface area contributed by atoms with Crippen LogP contribution in [0.15, 0.2) is 60.8 Å². The summed E-state index contributed by atoms with van der Waals surface area (Å²) in [5.74, 6) is -4.03. The third kappa shape index (κ3) is 6.85. The molecule has 0 aliphatic rings. The second kappa shape index (κ2) is 10.5. The fourth-order valence-electron chi connectivity index (χ4n) is 2.79. The lowest BCUT2D eigenvalue weighted by atomic mass is 9.95. The number of nitrogens with zero attached hydrogens (tertiary/aromatic N) is 2. The number of nitriles is 1. The molecule has 0 aliphatic heterocycles. The van der Waals surface area contributed by atoms with Gasteiger partial charge in [-0.3, -0.25) is 4.98 Å². The minimum Gasteiger partial charge on any atom is -0.475 e. The Balaban J connectivity index is 0.000000451. The van der Waals surface area contributed by atoms with Crippen molar-refractivity contribution < 1.29 is 31.9 Å². The van der Waals surface area contributed by atoms with Crippen LogP contribution in [0, 0.1) is 23.0 Å². The van der Waals surface area contributed by atoms with Crippen molar-refractivity contribution in [2.45, 2.75) is 18.6 Å². The van der Waals surface area contributed by atoms with Gasteiger partial charge in [0, 0.05) is 17.8 Å². The first kappa shape index (κ1) is 24.4. The molecule has 3 aromatic rings. The third-order valence-corrected chi connectivity index (χ3v) is 4.11. The van der Waals surface area contributed by atoms with Gasteiger partial charge in [0.2, 0.25) is 0 Å². The number of pyridine rings is 1. The molecule has 2 aromatic carbocycles. The molecule has 0 unspecified atom stereocenters. The molecule has 0 saturated heterocycles. The number of carboxylic acid groups (broad SMARTS) is 1. The molecule has 32 heavy (non-hydrogen) atoms. The van der Waals surface area contributed by atoms with Gasteiger partial charge >= 0.3 is 12.1 Å². The van der Waals surface area contributed by atoms with E-state index in [2.05, 4.69) is 11.1 Å². The smallest absolute Gasteiger partial charge is 0.475 e. The first-order valence-electron chi connectivity index (χ1n) is 8.97. The molecular weight excluding hydrogens is 433 g/mol. The molecule has 0 spiro atoms. The van der Waals surface area contributed by atoms with Crippen molar-refractivity contribution in [3.8, 4) is 17.2 Å². The summed E-state index contributed by atoms with van der Waals surface area (Å²) in [5.41, 5.74) is 9.49. The first-order chi connectivity index (χ1) is 15.0. The normalized spacial score (nSPS) is 11.7. The van der Waals surface area contributed by atoms with Crippen molar-refractivity contribution in [3.63, 3.8) is 0 Å². The summed E-state index contributed by atoms with van der Waals surface area (Å²) in [6, 6.07) is 15.7. The van der Waals surface area contributed by atoms with Crippen LogP contribution in [0.5, 0.6) is 0 Å². The van der Waals surface area contributed by atoms with Gasteiger partial charge < -0.3 is 10.8 Å². The summed E-state index contributed by atoms with van der Waals surface area (Å²) >= 11 is 0. The molecule has 10 heteroatoms. The average Bonchev–Trinajstić information content (AvgIpc) is 2.72. The summed E-state index contributed by atoms with van der Waals surface area (Å²) in [5, 5.41) is 16.2. The number of hydrogen-bond acceptors (Lipinski definition) is 4. The Labute approximate surface area is 179 Å². The maximum absolute atomic E-state index is 13.4. The number of benzene rings is 2. The van der Waals surface area contributed by atoms with Crippen LogP contribution in [-0.2, 0) is 11.2 Å². The van der Waals surface area contributed by atoms with Gasteiger partial charge in [0.25, 0.3) is 0 Å². The SMILES string of the molecule is N#Cc1cccc(-c2cccnc2[C@@H](N)Cc2cc(F)cc(F)c2)c1.O=C(O)C(F)(F)F. The van der Waals surface area contributed by atoms with E-state index in [0.29, 0.717) is 16.8 Å². The number of carboxylic acids is 1. The van der Waals surface area contributed by atoms with Gasteiger partial charge in [0.05, 0.1) is 23.4 Å². The second-order valence-corrected chi connectivity index (χ2v) is 6.52. The fraction of sp³-hybridized carbons (Fsp3) is 0.136. The largest absolute Gasteiger partial charge is 0.490 e. The van der Waals surface area contributed by atoms with Gasteiger partial charge in [0.15, 0.2) is 0 Å². The quantitative estimate of drug-likeness (QED) is 0.559. The highest BCUT2D eigenvalue weighted by atomic mass is 19.4. The molecule has 0 bridgehead atoms. The number of carbonyl (C=O) groups is 1. The molecule has 5 nitrogen and oxygen atoms in total. The Morgan fingerprint density at radius 1 is 1.09 bits per heavy atom. The first-order valence-corrected chi connectivity index (χ1v) is 8.97. The molecule has 1 heterocycles. The molecule has 0 amide bonds. The van der Waals surface area contributed by atoms with E-state index in [1.54, 1.807) is 30.5 Å². The molecule has 0 saturated carbocycles. The molecule has 3 N–H and O–H groups in total. The van der Waals surface area contributed by atoms with Crippen LogP contribution in [-0.4, -0.2) is 22.2 Å². The van der Waals surface area contributed by atoms with Gasteiger partial charge in [-0.05, 0) is 47.9 Å². The van der Waals surface area contributed by atoms with Gasteiger partial charge in [-0.1, -0.05) is 18.2 Å². The van der Waals surface area contributed by atoms with Crippen molar-refractivity contribution in [2.24, 2.45) is 5.73 Å². The molecule has 0 fully saturated rings. The highest BCUT2D eigenvalue weighted by Gasteiger charge is 2.38. The van der Waals surface area contributed by atoms with E-state index in [-0.39, 0.29) is 6.42 Å². The van der Waals surface area contributed by atoms with E-state index in [4.69, 9.17) is 20.9 Å². The van der Waals surface area contributed by atoms with Crippen LogP contribution < -0.4 is 5.73 Å². The summed E-state index contributed by atoms with van der Waals surface area (Å²) in [4.78, 5) is 13.3. The second-order valence-electron chi connectivity index (χ2n) is 6.52. The predicted octanol–water partition coefficient (Wildman–Crippen LogP) is 4.77. The van der Waals surface area contributed by atoms with Crippen molar-refractivity contribution in [1.29, 1.82) is 5.26 Å². The van der Waals surface area contributed by atoms with E-state index in [9.17, 15) is 22.0 Å². The third-order valence-electron chi connectivity index (χ3n) is 4.11. The monoisotopic (exact) mass is 449 g/mol. The van der Waals surface area contributed by atoms with Crippen LogP contribution in [0.1, 0.15) is 22.9 Å². The summed E-state index contributed by atoms with van der Waals surface area (Å²) in [6.07, 6.45) is -3.21. The molecule has 0 aliphatic carbocycles. The zero-order valence-corrected chi connectivity index (χ0v) is 16.3. The number of alkyl halides is 3. The molecule has 166 valence electrons. The van der Waals surface area contributed by atoms with E-state index < -0.39 is 29.8 Å². The lowest BCUT2D eigenvalue weighted by molar-refractivity contribution is -0.192. The minimum absolute atomic E-state index is 0.247. The number of aliphatic carboxylic acids is 1. The van der Waals surface area contributed by atoms with E-state index >= 15 is 0 Å². The Morgan fingerprint density at radius 3 is 2.28 bits per heavy atom. The maximum atomic E-state index is 13.4. The van der Waals surface area contributed by atoms with Crippen molar-refractivity contribution in [3.05, 3.63) is 89.2 Å². The molecule has 1 atom stereocenters. The zero-order valence-electron chi connectivity index (χ0n) is 16.3. The molecule has 0 radical (unpaired) electrons. The van der Waals surface area contributed by atoms with Crippen molar-refractivity contribution in [2.75, 3.05) is 0 Å². The Kier molecular flexibility index (Phi) is 7.98.